The van der Waals surface area contributed by atoms with Crippen molar-refractivity contribution in [3.8, 4) is 11.5 Å². The number of halogens is 2. The molecular formula is C16H14BrFO3. The summed E-state index contributed by atoms with van der Waals surface area (Å²) in [5, 5.41) is 10.5. The van der Waals surface area contributed by atoms with Gasteiger partial charge in [-0.1, -0.05) is 22.0 Å². The smallest absolute Gasteiger partial charge is 0.161 e. The van der Waals surface area contributed by atoms with Gasteiger partial charge < -0.3 is 14.6 Å². The van der Waals surface area contributed by atoms with Crippen molar-refractivity contribution in [2.45, 2.75) is 12.5 Å². The van der Waals surface area contributed by atoms with Crippen molar-refractivity contribution in [3.05, 3.63) is 57.8 Å². The number of benzene rings is 2. The van der Waals surface area contributed by atoms with Gasteiger partial charge in [-0.25, -0.2) is 4.39 Å². The Balaban J connectivity index is 1.96. The molecular weight excluding hydrogens is 339 g/mol. The number of rotatable bonds is 2. The highest BCUT2D eigenvalue weighted by Crippen LogP contribution is 2.35. The van der Waals surface area contributed by atoms with E-state index in [4.69, 9.17) is 9.47 Å². The lowest BCUT2D eigenvalue weighted by Crippen LogP contribution is -2.02. The zero-order valence-corrected chi connectivity index (χ0v) is 12.8. The summed E-state index contributed by atoms with van der Waals surface area (Å²) in [6.07, 6.45) is -0.116. The second kappa shape index (κ2) is 6.03. The first-order valence-electron chi connectivity index (χ1n) is 6.68. The SMILES string of the molecule is OC(c1ccc2c(c1)OCCCO2)c1cc(F)ccc1Br. The summed E-state index contributed by atoms with van der Waals surface area (Å²) in [5.41, 5.74) is 1.11. The third kappa shape index (κ3) is 3.04. The molecule has 5 heteroatoms. The third-order valence-corrected chi connectivity index (χ3v) is 4.06. The maximum Gasteiger partial charge on any atom is 0.161 e. The van der Waals surface area contributed by atoms with Crippen molar-refractivity contribution in [2.24, 2.45) is 0 Å². The van der Waals surface area contributed by atoms with Crippen LogP contribution >= 0.6 is 15.9 Å². The molecule has 2 aromatic rings. The van der Waals surface area contributed by atoms with Crippen molar-refractivity contribution in [1.82, 2.24) is 0 Å². The molecule has 1 unspecified atom stereocenters. The second-order valence-electron chi connectivity index (χ2n) is 4.83. The van der Waals surface area contributed by atoms with Crippen molar-refractivity contribution >= 4 is 15.9 Å². The Kier molecular flexibility index (Phi) is 4.12. The maximum atomic E-state index is 13.4. The van der Waals surface area contributed by atoms with Crippen molar-refractivity contribution in [3.63, 3.8) is 0 Å². The molecule has 0 saturated carbocycles. The molecule has 0 saturated heterocycles. The van der Waals surface area contributed by atoms with Gasteiger partial charge >= 0.3 is 0 Å². The molecule has 110 valence electrons. The number of hydrogen-bond donors (Lipinski definition) is 1. The van der Waals surface area contributed by atoms with E-state index in [1.54, 1.807) is 24.3 Å². The van der Waals surface area contributed by atoms with Crippen LogP contribution in [0.3, 0.4) is 0 Å². The van der Waals surface area contributed by atoms with Crippen molar-refractivity contribution < 1.29 is 19.0 Å². The number of aliphatic hydroxyl groups is 1. The summed E-state index contributed by atoms with van der Waals surface area (Å²) in [6, 6.07) is 9.51. The van der Waals surface area contributed by atoms with Crippen LogP contribution in [0.1, 0.15) is 23.7 Å². The molecule has 1 aliphatic rings. The molecule has 0 spiro atoms. The number of ether oxygens (including phenoxy) is 2. The Morgan fingerprint density at radius 3 is 2.62 bits per heavy atom. The fourth-order valence-corrected chi connectivity index (χ4v) is 2.72. The Bertz CT molecular complexity index is 660. The van der Waals surface area contributed by atoms with Crippen LogP contribution in [0.15, 0.2) is 40.9 Å². The van der Waals surface area contributed by atoms with Gasteiger partial charge in [-0.3, -0.25) is 0 Å². The Hall–Kier alpha value is -1.59. The van der Waals surface area contributed by atoms with Crippen LogP contribution in [-0.4, -0.2) is 18.3 Å². The first kappa shape index (κ1) is 14.4. The van der Waals surface area contributed by atoms with Crippen LogP contribution in [-0.2, 0) is 0 Å². The highest BCUT2D eigenvalue weighted by molar-refractivity contribution is 9.10. The van der Waals surface area contributed by atoms with Crippen molar-refractivity contribution in [1.29, 1.82) is 0 Å². The van der Waals surface area contributed by atoms with E-state index in [0.29, 0.717) is 40.3 Å². The van der Waals surface area contributed by atoms with Gasteiger partial charge in [0.2, 0.25) is 0 Å². The summed E-state index contributed by atoms with van der Waals surface area (Å²) in [6.45, 7) is 1.19. The van der Waals surface area contributed by atoms with E-state index >= 15 is 0 Å². The van der Waals surface area contributed by atoms with Crippen LogP contribution in [0.2, 0.25) is 0 Å². The Labute approximate surface area is 130 Å². The van der Waals surface area contributed by atoms with Crippen LogP contribution < -0.4 is 9.47 Å². The average Bonchev–Trinajstić information content (AvgIpc) is 2.73. The Morgan fingerprint density at radius 1 is 1.05 bits per heavy atom. The van der Waals surface area contributed by atoms with Crippen LogP contribution in [0.25, 0.3) is 0 Å². The molecule has 0 fully saturated rings. The van der Waals surface area contributed by atoms with Crippen LogP contribution in [0.4, 0.5) is 4.39 Å². The van der Waals surface area contributed by atoms with Gasteiger partial charge in [0.15, 0.2) is 11.5 Å². The monoisotopic (exact) mass is 352 g/mol. The average molecular weight is 353 g/mol. The number of hydrogen-bond acceptors (Lipinski definition) is 3. The Morgan fingerprint density at radius 2 is 1.81 bits per heavy atom. The zero-order chi connectivity index (χ0) is 14.8. The topological polar surface area (TPSA) is 38.7 Å². The minimum atomic E-state index is -0.938. The second-order valence-corrected chi connectivity index (χ2v) is 5.68. The minimum absolute atomic E-state index is 0.387. The summed E-state index contributed by atoms with van der Waals surface area (Å²) in [7, 11) is 0. The summed E-state index contributed by atoms with van der Waals surface area (Å²) >= 11 is 3.33. The van der Waals surface area contributed by atoms with E-state index in [1.165, 1.54) is 12.1 Å². The predicted molar refractivity (Wildman–Crippen MR) is 80.2 cm³/mol. The molecule has 3 nitrogen and oxygen atoms in total. The highest BCUT2D eigenvalue weighted by Gasteiger charge is 2.18. The van der Waals surface area contributed by atoms with E-state index in [0.717, 1.165) is 6.42 Å². The molecule has 3 rings (SSSR count). The number of fused-ring (bicyclic) bond motifs is 1. The van der Waals surface area contributed by atoms with E-state index in [-0.39, 0.29) is 5.82 Å². The largest absolute Gasteiger partial charge is 0.490 e. The molecule has 0 aromatic heterocycles. The third-order valence-electron chi connectivity index (χ3n) is 3.34. The number of aliphatic hydroxyl groups excluding tert-OH is 1. The summed E-state index contributed by atoms with van der Waals surface area (Å²) in [4.78, 5) is 0. The van der Waals surface area contributed by atoms with Gasteiger partial charge in [0.05, 0.1) is 13.2 Å². The lowest BCUT2D eigenvalue weighted by molar-refractivity contribution is 0.218. The quantitative estimate of drug-likeness (QED) is 0.892. The molecule has 0 bridgehead atoms. The fourth-order valence-electron chi connectivity index (χ4n) is 2.25. The van der Waals surface area contributed by atoms with E-state index in [9.17, 15) is 9.50 Å². The molecule has 1 aliphatic heterocycles. The van der Waals surface area contributed by atoms with Gasteiger partial charge in [0, 0.05) is 16.5 Å². The van der Waals surface area contributed by atoms with Crippen molar-refractivity contribution in [2.75, 3.05) is 13.2 Å². The molecule has 0 amide bonds. The molecule has 1 heterocycles. The molecule has 0 radical (unpaired) electrons. The molecule has 2 aromatic carbocycles. The standard InChI is InChI=1S/C16H14BrFO3/c17-13-4-3-11(18)9-12(13)16(19)10-2-5-14-15(8-10)21-7-1-6-20-14/h2-5,8-9,16,19H,1,6-7H2. The highest BCUT2D eigenvalue weighted by atomic mass is 79.9. The van der Waals surface area contributed by atoms with Gasteiger partial charge in [-0.15, -0.1) is 0 Å². The summed E-state index contributed by atoms with van der Waals surface area (Å²) < 4.78 is 25.2. The molecule has 1 atom stereocenters. The molecule has 1 N–H and O–H groups in total. The molecule has 21 heavy (non-hydrogen) atoms. The van der Waals surface area contributed by atoms with E-state index in [1.807, 2.05) is 0 Å². The van der Waals surface area contributed by atoms with Gasteiger partial charge in [0.1, 0.15) is 11.9 Å². The van der Waals surface area contributed by atoms with Gasteiger partial charge in [-0.2, -0.15) is 0 Å². The van der Waals surface area contributed by atoms with Gasteiger partial charge in [-0.05, 0) is 35.9 Å². The molecule has 0 aliphatic carbocycles. The fraction of sp³-hybridized carbons (Fsp3) is 0.250. The lowest BCUT2D eigenvalue weighted by atomic mass is 10.0. The predicted octanol–water partition coefficient (Wildman–Crippen LogP) is 3.83. The zero-order valence-electron chi connectivity index (χ0n) is 11.2. The van der Waals surface area contributed by atoms with Crippen LogP contribution in [0, 0.1) is 5.82 Å². The van der Waals surface area contributed by atoms with E-state index in [2.05, 4.69) is 15.9 Å². The first-order valence-corrected chi connectivity index (χ1v) is 7.47. The lowest BCUT2D eigenvalue weighted by Gasteiger charge is -2.15. The first-order chi connectivity index (χ1) is 10.1. The normalized spacial score (nSPS) is 15.4. The van der Waals surface area contributed by atoms with Crippen LogP contribution in [0.5, 0.6) is 11.5 Å². The summed E-state index contributed by atoms with van der Waals surface area (Å²) in [5.74, 6) is 0.889. The van der Waals surface area contributed by atoms with E-state index < -0.39 is 6.10 Å². The minimum Gasteiger partial charge on any atom is -0.490 e. The van der Waals surface area contributed by atoms with Gasteiger partial charge in [0.25, 0.3) is 0 Å². The maximum absolute atomic E-state index is 13.4.